The number of halogens is 2. The van der Waals surface area contributed by atoms with Crippen molar-refractivity contribution in [3.8, 4) is 0 Å². The summed E-state index contributed by atoms with van der Waals surface area (Å²) in [7, 11) is 0. The monoisotopic (exact) mass is 252 g/mol. The summed E-state index contributed by atoms with van der Waals surface area (Å²) in [5.74, 6) is 0.279. The smallest absolute Gasteiger partial charge is 0.147 e. The maximum absolute atomic E-state index is 10.7. The summed E-state index contributed by atoms with van der Waals surface area (Å²) in [6.07, 6.45) is 0.853. The SMILES string of the molecule is CC(C)=C(C=O)[C@@H](Cl)C(C)CBr. The van der Waals surface area contributed by atoms with Gasteiger partial charge in [0.1, 0.15) is 6.29 Å². The van der Waals surface area contributed by atoms with Gasteiger partial charge in [-0.1, -0.05) is 28.4 Å². The number of hydrogen-bond acceptors (Lipinski definition) is 1. The van der Waals surface area contributed by atoms with Crippen molar-refractivity contribution in [3.05, 3.63) is 11.1 Å². The Balaban J connectivity index is 4.54. The molecule has 0 saturated heterocycles. The fourth-order valence-corrected chi connectivity index (χ4v) is 1.79. The number of allylic oxidation sites excluding steroid dienone is 2. The lowest BCUT2D eigenvalue weighted by molar-refractivity contribution is -0.105. The highest BCUT2D eigenvalue weighted by molar-refractivity contribution is 9.09. The van der Waals surface area contributed by atoms with E-state index in [9.17, 15) is 4.79 Å². The highest BCUT2D eigenvalue weighted by atomic mass is 79.9. The molecule has 1 nitrogen and oxygen atoms in total. The number of carbonyl (C=O) groups is 1. The van der Waals surface area contributed by atoms with Crippen LogP contribution in [-0.2, 0) is 4.79 Å². The van der Waals surface area contributed by atoms with E-state index in [1.807, 2.05) is 20.8 Å². The number of hydrogen-bond donors (Lipinski definition) is 0. The molecule has 0 aromatic rings. The molecule has 0 aliphatic carbocycles. The molecular formula is C9H14BrClO. The predicted octanol–water partition coefficient (Wildman–Crippen LogP) is 3.16. The van der Waals surface area contributed by atoms with Crippen LogP contribution in [0.5, 0.6) is 0 Å². The summed E-state index contributed by atoms with van der Waals surface area (Å²) in [6, 6.07) is 0. The van der Waals surface area contributed by atoms with Crippen molar-refractivity contribution in [1.82, 2.24) is 0 Å². The molecule has 1 unspecified atom stereocenters. The molecule has 0 N–H and O–H groups in total. The van der Waals surface area contributed by atoms with E-state index in [0.29, 0.717) is 5.57 Å². The molecule has 70 valence electrons. The lowest BCUT2D eigenvalue weighted by Crippen LogP contribution is -2.17. The number of aldehydes is 1. The first-order valence-electron chi connectivity index (χ1n) is 3.87. The standard InChI is InChI=1S/C9H14BrClO/c1-6(2)8(5-12)9(11)7(3)4-10/h5,7,9H,4H2,1-3H3/t7?,9-/m0/s1. The fraction of sp³-hybridized carbons (Fsp3) is 0.667. The van der Waals surface area contributed by atoms with Gasteiger partial charge in [-0.2, -0.15) is 0 Å². The van der Waals surface area contributed by atoms with Crippen molar-refractivity contribution in [1.29, 1.82) is 0 Å². The van der Waals surface area contributed by atoms with Crippen molar-refractivity contribution >= 4 is 33.8 Å². The maximum atomic E-state index is 10.7. The Bertz CT molecular complexity index is 185. The summed E-state index contributed by atoms with van der Waals surface area (Å²) in [4.78, 5) is 10.7. The second-order valence-electron chi connectivity index (χ2n) is 3.11. The zero-order valence-corrected chi connectivity index (χ0v) is 9.95. The Morgan fingerprint density at radius 1 is 1.58 bits per heavy atom. The third kappa shape index (κ3) is 3.28. The quantitative estimate of drug-likeness (QED) is 0.427. The molecular weight excluding hydrogens is 239 g/mol. The third-order valence-electron chi connectivity index (χ3n) is 1.74. The van der Waals surface area contributed by atoms with E-state index in [2.05, 4.69) is 15.9 Å². The molecule has 0 rings (SSSR count). The van der Waals surface area contributed by atoms with Gasteiger partial charge in [0, 0.05) is 10.9 Å². The van der Waals surface area contributed by atoms with Gasteiger partial charge >= 0.3 is 0 Å². The van der Waals surface area contributed by atoms with E-state index in [0.717, 1.165) is 17.2 Å². The van der Waals surface area contributed by atoms with Gasteiger partial charge in [0.15, 0.2) is 0 Å². The summed E-state index contributed by atoms with van der Waals surface area (Å²) in [6.45, 7) is 5.82. The van der Waals surface area contributed by atoms with Gasteiger partial charge in [0.05, 0.1) is 5.38 Å². The normalized spacial score (nSPS) is 15.1. The summed E-state index contributed by atoms with van der Waals surface area (Å²) in [5, 5.41) is 0.637. The molecule has 2 atom stereocenters. The minimum Gasteiger partial charge on any atom is -0.298 e. The van der Waals surface area contributed by atoms with E-state index in [1.165, 1.54) is 0 Å². The van der Waals surface area contributed by atoms with Gasteiger partial charge in [-0.05, 0) is 19.8 Å². The molecule has 0 fully saturated rings. The summed E-state index contributed by atoms with van der Waals surface area (Å²) >= 11 is 9.41. The third-order valence-corrected chi connectivity index (χ3v) is 3.43. The van der Waals surface area contributed by atoms with Crippen molar-refractivity contribution in [2.75, 3.05) is 5.33 Å². The Kier molecular flexibility index (Phi) is 5.85. The molecule has 0 heterocycles. The van der Waals surface area contributed by atoms with Gasteiger partial charge < -0.3 is 0 Å². The van der Waals surface area contributed by atoms with Crippen LogP contribution in [0.2, 0.25) is 0 Å². The molecule has 0 aliphatic rings. The highest BCUT2D eigenvalue weighted by Gasteiger charge is 2.18. The van der Waals surface area contributed by atoms with E-state index < -0.39 is 0 Å². The van der Waals surface area contributed by atoms with Gasteiger partial charge in [-0.15, -0.1) is 11.6 Å². The molecule has 3 heteroatoms. The predicted molar refractivity (Wildman–Crippen MR) is 57.0 cm³/mol. The van der Waals surface area contributed by atoms with Gasteiger partial charge in [-0.25, -0.2) is 0 Å². The minimum absolute atomic E-state index is 0.174. The van der Waals surface area contributed by atoms with Crippen LogP contribution in [0.3, 0.4) is 0 Å². The molecule has 0 amide bonds. The van der Waals surface area contributed by atoms with Crippen LogP contribution in [0.4, 0.5) is 0 Å². The van der Waals surface area contributed by atoms with Crippen molar-refractivity contribution < 1.29 is 4.79 Å². The first kappa shape index (κ1) is 12.2. The summed E-state index contributed by atoms with van der Waals surface area (Å²) < 4.78 is 0. The first-order chi connectivity index (χ1) is 5.54. The molecule has 0 spiro atoms. The highest BCUT2D eigenvalue weighted by Crippen LogP contribution is 2.21. The van der Waals surface area contributed by atoms with E-state index in [-0.39, 0.29) is 11.3 Å². The van der Waals surface area contributed by atoms with Crippen molar-refractivity contribution in [3.63, 3.8) is 0 Å². The van der Waals surface area contributed by atoms with Crippen LogP contribution in [0.25, 0.3) is 0 Å². The van der Waals surface area contributed by atoms with E-state index in [4.69, 9.17) is 11.6 Å². The largest absolute Gasteiger partial charge is 0.298 e. The van der Waals surface area contributed by atoms with Crippen LogP contribution in [0.1, 0.15) is 20.8 Å². The van der Waals surface area contributed by atoms with Crippen molar-refractivity contribution in [2.24, 2.45) is 5.92 Å². The van der Waals surface area contributed by atoms with Crippen LogP contribution >= 0.6 is 27.5 Å². The Labute approximate surface area is 87.3 Å². The Morgan fingerprint density at radius 3 is 2.33 bits per heavy atom. The van der Waals surface area contributed by atoms with E-state index in [1.54, 1.807) is 0 Å². The fourth-order valence-electron chi connectivity index (χ4n) is 0.843. The van der Waals surface area contributed by atoms with Gasteiger partial charge in [0.25, 0.3) is 0 Å². The zero-order chi connectivity index (χ0) is 9.72. The lowest BCUT2D eigenvalue weighted by atomic mass is 10.00. The van der Waals surface area contributed by atoms with E-state index >= 15 is 0 Å². The van der Waals surface area contributed by atoms with Crippen LogP contribution in [0.15, 0.2) is 11.1 Å². The minimum atomic E-state index is -0.174. The second-order valence-corrected chi connectivity index (χ2v) is 4.22. The van der Waals surface area contributed by atoms with Gasteiger partial charge in [-0.3, -0.25) is 4.79 Å². The van der Waals surface area contributed by atoms with Crippen LogP contribution in [-0.4, -0.2) is 17.0 Å². The summed E-state index contributed by atoms with van der Waals surface area (Å²) in [5.41, 5.74) is 1.71. The molecule has 0 aromatic carbocycles. The topological polar surface area (TPSA) is 17.1 Å². The zero-order valence-electron chi connectivity index (χ0n) is 7.60. The Hall–Kier alpha value is 0.180. The molecule has 0 radical (unpaired) electrons. The lowest BCUT2D eigenvalue weighted by Gasteiger charge is -2.16. The maximum Gasteiger partial charge on any atom is 0.147 e. The number of carbonyl (C=O) groups excluding carboxylic acids is 1. The molecule has 12 heavy (non-hydrogen) atoms. The average Bonchev–Trinajstić information content (AvgIpc) is 2.03. The Morgan fingerprint density at radius 2 is 2.08 bits per heavy atom. The second kappa shape index (κ2) is 5.76. The molecule has 0 saturated carbocycles. The van der Waals surface area contributed by atoms with Crippen LogP contribution in [0, 0.1) is 5.92 Å². The van der Waals surface area contributed by atoms with Crippen LogP contribution < -0.4 is 0 Å². The molecule has 0 bridgehead atoms. The van der Waals surface area contributed by atoms with Gasteiger partial charge in [0.2, 0.25) is 0 Å². The number of rotatable bonds is 4. The molecule has 0 aliphatic heterocycles. The average molecular weight is 254 g/mol. The first-order valence-corrected chi connectivity index (χ1v) is 5.43. The number of alkyl halides is 2. The van der Waals surface area contributed by atoms with Crippen molar-refractivity contribution in [2.45, 2.75) is 26.1 Å². The molecule has 0 aromatic heterocycles.